The molecular formula is C13H11BrClFN2O. The Bertz CT molecular complexity index is 627. The average Bonchev–Trinajstić information content (AvgIpc) is 2.74. The second-order valence-electron chi connectivity index (χ2n) is 3.99. The zero-order valence-electron chi connectivity index (χ0n) is 10.2. The molecule has 0 atom stereocenters. The molecule has 1 aromatic heterocycles. The van der Waals surface area contributed by atoms with Gasteiger partial charge in [0.2, 0.25) is 5.78 Å². The minimum atomic E-state index is -0.606. The van der Waals surface area contributed by atoms with Crippen LogP contribution < -0.4 is 0 Å². The fourth-order valence-electron chi connectivity index (χ4n) is 1.78. The van der Waals surface area contributed by atoms with E-state index in [1.54, 1.807) is 10.9 Å². The van der Waals surface area contributed by atoms with E-state index in [0.29, 0.717) is 16.7 Å². The van der Waals surface area contributed by atoms with Gasteiger partial charge in [0.05, 0.1) is 15.7 Å². The molecule has 0 radical (unpaired) electrons. The minimum Gasteiger partial charge on any atom is -0.287 e. The first-order chi connectivity index (χ1) is 9.06. The SMILES string of the molecule is CCCn1ncc(Br)c1C(=O)c1cccc(F)c1Cl. The molecule has 0 aliphatic heterocycles. The van der Waals surface area contributed by atoms with Crippen molar-refractivity contribution in [2.75, 3.05) is 0 Å². The van der Waals surface area contributed by atoms with E-state index in [9.17, 15) is 9.18 Å². The summed E-state index contributed by atoms with van der Waals surface area (Å²) in [4.78, 5) is 12.5. The Morgan fingerprint density at radius 1 is 1.53 bits per heavy atom. The molecule has 2 aromatic rings. The van der Waals surface area contributed by atoms with E-state index in [-0.39, 0.29) is 16.4 Å². The number of benzene rings is 1. The van der Waals surface area contributed by atoms with Crippen molar-refractivity contribution < 1.29 is 9.18 Å². The van der Waals surface area contributed by atoms with Crippen molar-refractivity contribution in [3.63, 3.8) is 0 Å². The number of ketones is 1. The lowest BCUT2D eigenvalue weighted by atomic mass is 10.1. The van der Waals surface area contributed by atoms with E-state index in [1.165, 1.54) is 18.2 Å². The quantitative estimate of drug-likeness (QED) is 0.783. The highest BCUT2D eigenvalue weighted by molar-refractivity contribution is 9.10. The molecule has 0 saturated heterocycles. The predicted octanol–water partition coefficient (Wildman–Crippen LogP) is 4.08. The van der Waals surface area contributed by atoms with Crippen molar-refractivity contribution in [2.45, 2.75) is 19.9 Å². The first-order valence-electron chi connectivity index (χ1n) is 5.76. The van der Waals surface area contributed by atoms with E-state index < -0.39 is 5.82 Å². The fourth-order valence-corrected chi connectivity index (χ4v) is 2.46. The summed E-state index contributed by atoms with van der Waals surface area (Å²) in [5.41, 5.74) is 0.523. The maximum atomic E-state index is 13.4. The molecule has 0 aliphatic rings. The van der Waals surface area contributed by atoms with Crippen LogP contribution in [-0.4, -0.2) is 15.6 Å². The Labute approximate surface area is 123 Å². The maximum absolute atomic E-state index is 13.4. The molecule has 19 heavy (non-hydrogen) atoms. The molecule has 2 rings (SSSR count). The number of carbonyl (C=O) groups is 1. The van der Waals surface area contributed by atoms with Gasteiger partial charge >= 0.3 is 0 Å². The van der Waals surface area contributed by atoms with Crippen LogP contribution in [0.1, 0.15) is 29.4 Å². The maximum Gasteiger partial charge on any atom is 0.213 e. The molecule has 0 unspecified atom stereocenters. The van der Waals surface area contributed by atoms with Crippen LogP contribution in [0.4, 0.5) is 4.39 Å². The average molecular weight is 346 g/mol. The largest absolute Gasteiger partial charge is 0.287 e. The van der Waals surface area contributed by atoms with E-state index in [4.69, 9.17) is 11.6 Å². The van der Waals surface area contributed by atoms with Crippen LogP contribution in [0.15, 0.2) is 28.9 Å². The second kappa shape index (κ2) is 5.84. The lowest BCUT2D eigenvalue weighted by Gasteiger charge is -2.07. The highest BCUT2D eigenvalue weighted by Gasteiger charge is 2.21. The van der Waals surface area contributed by atoms with E-state index in [1.807, 2.05) is 6.92 Å². The number of aromatic nitrogens is 2. The third kappa shape index (κ3) is 2.72. The molecule has 1 heterocycles. The summed E-state index contributed by atoms with van der Waals surface area (Å²) < 4.78 is 15.6. The Hall–Kier alpha value is -1.20. The lowest BCUT2D eigenvalue weighted by Crippen LogP contribution is -2.12. The van der Waals surface area contributed by atoms with Crippen molar-refractivity contribution in [3.8, 4) is 0 Å². The number of aryl methyl sites for hydroxylation is 1. The topological polar surface area (TPSA) is 34.9 Å². The monoisotopic (exact) mass is 344 g/mol. The third-order valence-corrected chi connectivity index (χ3v) is 3.61. The fraction of sp³-hybridized carbons (Fsp3) is 0.231. The van der Waals surface area contributed by atoms with Crippen LogP contribution in [0.3, 0.4) is 0 Å². The molecule has 1 aromatic carbocycles. The number of rotatable bonds is 4. The molecule has 3 nitrogen and oxygen atoms in total. The number of nitrogens with zero attached hydrogens (tertiary/aromatic N) is 2. The van der Waals surface area contributed by atoms with Gasteiger partial charge in [-0.1, -0.05) is 24.6 Å². The highest BCUT2D eigenvalue weighted by Crippen LogP contribution is 2.26. The van der Waals surface area contributed by atoms with Gasteiger partial charge in [0.1, 0.15) is 11.5 Å². The number of carbonyl (C=O) groups excluding carboxylic acids is 1. The highest BCUT2D eigenvalue weighted by atomic mass is 79.9. The lowest BCUT2D eigenvalue weighted by molar-refractivity contribution is 0.102. The Morgan fingerprint density at radius 2 is 2.26 bits per heavy atom. The van der Waals surface area contributed by atoms with Crippen LogP contribution in [0, 0.1) is 5.82 Å². The summed E-state index contributed by atoms with van der Waals surface area (Å²) in [5, 5.41) is 3.95. The van der Waals surface area contributed by atoms with Gasteiger partial charge < -0.3 is 0 Å². The van der Waals surface area contributed by atoms with Gasteiger partial charge in [0.25, 0.3) is 0 Å². The van der Waals surface area contributed by atoms with Crippen molar-refractivity contribution in [3.05, 3.63) is 51.0 Å². The van der Waals surface area contributed by atoms with Crippen molar-refractivity contribution in [2.24, 2.45) is 0 Å². The summed E-state index contributed by atoms with van der Waals surface area (Å²) in [5.74, 6) is -0.951. The van der Waals surface area contributed by atoms with Gasteiger partial charge in [-0.2, -0.15) is 5.10 Å². The van der Waals surface area contributed by atoms with Gasteiger partial charge in [-0.15, -0.1) is 0 Å². The van der Waals surface area contributed by atoms with Crippen molar-refractivity contribution in [1.82, 2.24) is 9.78 Å². The molecule has 100 valence electrons. The van der Waals surface area contributed by atoms with Gasteiger partial charge in [0, 0.05) is 12.1 Å². The molecular weight excluding hydrogens is 335 g/mol. The van der Waals surface area contributed by atoms with Gasteiger partial charge in [0.15, 0.2) is 0 Å². The van der Waals surface area contributed by atoms with Crippen LogP contribution in [0.2, 0.25) is 5.02 Å². The summed E-state index contributed by atoms with van der Waals surface area (Å²) >= 11 is 9.13. The Balaban J connectivity index is 2.50. The molecule has 0 bridgehead atoms. The number of hydrogen-bond donors (Lipinski definition) is 0. The van der Waals surface area contributed by atoms with Gasteiger partial charge in [-0.05, 0) is 34.5 Å². The summed E-state index contributed by atoms with van der Waals surface area (Å²) in [6.45, 7) is 2.60. The smallest absolute Gasteiger partial charge is 0.213 e. The van der Waals surface area contributed by atoms with E-state index >= 15 is 0 Å². The normalized spacial score (nSPS) is 10.7. The van der Waals surface area contributed by atoms with Crippen LogP contribution in [0.25, 0.3) is 0 Å². The van der Waals surface area contributed by atoms with Crippen molar-refractivity contribution >= 4 is 33.3 Å². The zero-order chi connectivity index (χ0) is 14.0. The van der Waals surface area contributed by atoms with Gasteiger partial charge in [-0.3, -0.25) is 9.48 Å². The predicted molar refractivity (Wildman–Crippen MR) is 75.1 cm³/mol. The third-order valence-electron chi connectivity index (χ3n) is 2.64. The summed E-state index contributed by atoms with van der Waals surface area (Å²) in [6, 6.07) is 4.18. The van der Waals surface area contributed by atoms with Crippen LogP contribution >= 0.6 is 27.5 Å². The number of hydrogen-bond acceptors (Lipinski definition) is 2. The standard InChI is InChI=1S/C13H11BrClFN2O/c1-2-6-18-12(9(14)7-17-18)13(19)8-4-3-5-10(16)11(8)15/h3-5,7H,2,6H2,1H3. The molecule has 0 aliphatic carbocycles. The summed E-state index contributed by atoms with van der Waals surface area (Å²) in [7, 11) is 0. The minimum absolute atomic E-state index is 0.139. The Morgan fingerprint density at radius 3 is 2.95 bits per heavy atom. The van der Waals surface area contributed by atoms with E-state index in [2.05, 4.69) is 21.0 Å². The zero-order valence-corrected chi connectivity index (χ0v) is 12.5. The van der Waals surface area contributed by atoms with Crippen LogP contribution in [0.5, 0.6) is 0 Å². The second-order valence-corrected chi connectivity index (χ2v) is 5.23. The number of halogens is 3. The van der Waals surface area contributed by atoms with Gasteiger partial charge in [-0.25, -0.2) is 4.39 Å². The Kier molecular flexibility index (Phi) is 4.37. The van der Waals surface area contributed by atoms with Crippen LogP contribution in [-0.2, 0) is 6.54 Å². The van der Waals surface area contributed by atoms with E-state index in [0.717, 1.165) is 6.42 Å². The molecule has 0 spiro atoms. The molecule has 0 N–H and O–H groups in total. The first kappa shape index (κ1) is 14.2. The summed E-state index contributed by atoms with van der Waals surface area (Å²) in [6.07, 6.45) is 2.39. The first-order valence-corrected chi connectivity index (χ1v) is 6.93. The molecule has 0 fully saturated rings. The van der Waals surface area contributed by atoms with Crippen molar-refractivity contribution in [1.29, 1.82) is 0 Å². The molecule has 0 amide bonds. The molecule has 0 saturated carbocycles. The molecule has 6 heteroatoms.